The van der Waals surface area contributed by atoms with Gasteiger partial charge in [-0.2, -0.15) is 5.10 Å². The number of pyridine rings is 2. The molecule has 0 aliphatic rings. The number of carbonyl (C=O) groups excluding carboxylic acids is 1. The Hall–Kier alpha value is -3.85. The summed E-state index contributed by atoms with van der Waals surface area (Å²) in [6, 6.07) is 9.73. The summed E-state index contributed by atoms with van der Waals surface area (Å²) in [4.78, 5) is 27.5. The molecule has 9 heteroatoms. The molecule has 5 rings (SSSR count). The van der Waals surface area contributed by atoms with Crippen LogP contribution in [-0.4, -0.2) is 35.2 Å². The topological polar surface area (TPSA) is 90.5 Å². The fourth-order valence-electron chi connectivity index (χ4n) is 3.63. The van der Waals surface area contributed by atoms with Gasteiger partial charge in [0.2, 0.25) is 0 Å². The number of fused-ring (bicyclic) bond motifs is 1. The van der Waals surface area contributed by atoms with E-state index in [2.05, 4.69) is 31.4 Å². The minimum absolute atomic E-state index is 0.159. The standard InChI is InChI=1S/C23H21N7OS/c1-15-10-19(20-13-27-30(22(20)28-15)14-18-4-3-9-32-18)23(31)26-12-17-5-6-25-21(11-17)29-8-7-24-16(29)2/h3-11,13H,12,14H2,1-2H3,(H,26,31). The van der Waals surface area contributed by atoms with Crippen LogP contribution < -0.4 is 5.32 Å². The molecule has 5 aromatic rings. The van der Waals surface area contributed by atoms with Crippen LogP contribution in [0.2, 0.25) is 0 Å². The van der Waals surface area contributed by atoms with Crippen molar-refractivity contribution >= 4 is 28.3 Å². The monoisotopic (exact) mass is 443 g/mol. The second-order valence-electron chi connectivity index (χ2n) is 7.48. The van der Waals surface area contributed by atoms with Gasteiger partial charge < -0.3 is 5.32 Å². The van der Waals surface area contributed by atoms with Gasteiger partial charge in [0.25, 0.3) is 5.91 Å². The molecule has 160 valence electrons. The quantitative estimate of drug-likeness (QED) is 0.432. The Morgan fingerprint density at radius 3 is 2.84 bits per heavy atom. The molecule has 0 unspecified atom stereocenters. The highest BCUT2D eigenvalue weighted by molar-refractivity contribution is 7.09. The van der Waals surface area contributed by atoms with Crippen LogP contribution in [0.5, 0.6) is 0 Å². The van der Waals surface area contributed by atoms with E-state index in [1.54, 1.807) is 29.9 Å². The van der Waals surface area contributed by atoms with Gasteiger partial charge in [0.15, 0.2) is 5.65 Å². The van der Waals surface area contributed by atoms with Gasteiger partial charge in [0.1, 0.15) is 11.6 Å². The summed E-state index contributed by atoms with van der Waals surface area (Å²) in [5.74, 6) is 1.46. The van der Waals surface area contributed by atoms with Crippen molar-refractivity contribution < 1.29 is 4.79 Å². The van der Waals surface area contributed by atoms with Crippen molar-refractivity contribution in [3.8, 4) is 5.82 Å². The van der Waals surface area contributed by atoms with Crippen LogP contribution in [0.15, 0.2) is 60.5 Å². The van der Waals surface area contributed by atoms with Gasteiger partial charge in [-0.25, -0.2) is 19.6 Å². The summed E-state index contributed by atoms with van der Waals surface area (Å²) >= 11 is 1.67. The van der Waals surface area contributed by atoms with Gasteiger partial charge in [0, 0.05) is 35.7 Å². The predicted octanol–water partition coefficient (Wildman–Crippen LogP) is 3.67. The Morgan fingerprint density at radius 2 is 2.06 bits per heavy atom. The zero-order valence-corrected chi connectivity index (χ0v) is 18.5. The number of carbonyl (C=O) groups is 1. The Kier molecular flexibility index (Phi) is 5.24. The van der Waals surface area contributed by atoms with Crippen LogP contribution >= 0.6 is 11.3 Å². The summed E-state index contributed by atoms with van der Waals surface area (Å²) in [5, 5.41) is 10.3. The lowest BCUT2D eigenvalue weighted by Gasteiger charge is -2.10. The number of nitrogens with zero attached hydrogens (tertiary/aromatic N) is 6. The number of rotatable bonds is 6. The second kappa shape index (κ2) is 8.35. The molecule has 0 aromatic carbocycles. The van der Waals surface area contributed by atoms with Gasteiger partial charge in [-0.3, -0.25) is 9.36 Å². The van der Waals surface area contributed by atoms with Gasteiger partial charge >= 0.3 is 0 Å². The second-order valence-corrected chi connectivity index (χ2v) is 8.51. The maximum atomic E-state index is 13.1. The normalized spacial score (nSPS) is 11.2. The van der Waals surface area contributed by atoms with Crippen molar-refractivity contribution in [1.82, 2.24) is 34.6 Å². The molecule has 0 bridgehead atoms. The Balaban J connectivity index is 1.37. The van der Waals surface area contributed by atoms with Crippen molar-refractivity contribution in [2.45, 2.75) is 26.9 Å². The summed E-state index contributed by atoms with van der Waals surface area (Å²) in [7, 11) is 0. The average Bonchev–Trinajstić information content (AvgIpc) is 3.54. The molecular formula is C23H21N7OS. The van der Waals surface area contributed by atoms with Crippen LogP contribution in [0, 0.1) is 13.8 Å². The average molecular weight is 444 g/mol. The zero-order chi connectivity index (χ0) is 22.1. The van der Waals surface area contributed by atoms with Gasteiger partial charge in [-0.15, -0.1) is 11.3 Å². The van der Waals surface area contributed by atoms with Crippen LogP contribution in [0.1, 0.15) is 32.3 Å². The van der Waals surface area contributed by atoms with Crippen molar-refractivity contribution in [2.75, 3.05) is 0 Å². The summed E-state index contributed by atoms with van der Waals surface area (Å²) < 4.78 is 3.75. The van der Waals surface area contributed by atoms with E-state index < -0.39 is 0 Å². The van der Waals surface area contributed by atoms with Crippen LogP contribution in [-0.2, 0) is 13.1 Å². The number of thiophene rings is 1. The number of nitrogens with one attached hydrogen (secondary N) is 1. The first-order valence-electron chi connectivity index (χ1n) is 10.2. The SMILES string of the molecule is Cc1cc(C(=O)NCc2ccnc(-n3ccnc3C)c2)c2cnn(Cc3cccs3)c2n1. The van der Waals surface area contributed by atoms with Crippen molar-refractivity contribution in [1.29, 1.82) is 0 Å². The van der Waals surface area contributed by atoms with Gasteiger partial charge in [-0.05, 0) is 49.1 Å². The molecule has 32 heavy (non-hydrogen) atoms. The van der Waals surface area contributed by atoms with Crippen molar-refractivity contribution in [3.63, 3.8) is 0 Å². The first kappa shape index (κ1) is 20.1. The molecular weight excluding hydrogens is 422 g/mol. The number of aromatic nitrogens is 6. The molecule has 0 spiro atoms. The molecule has 5 heterocycles. The fraction of sp³-hybridized carbons (Fsp3) is 0.174. The largest absolute Gasteiger partial charge is 0.348 e. The lowest BCUT2D eigenvalue weighted by molar-refractivity contribution is 0.0952. The van der Waals surface area contributed by atoms with Crippen LogP contribution in [0.25, 0.3) is 16.9 Å². The van der Waals surface area contributed by atoms with Crippen LogP contribution in [0.3, 0.4) is 0 Å². The maximum absolute atomic E-state index is 13.1. The predicted molar refractivity (Wildman–Crippen MR) is 123 cm³/mol. The zero-order valence-electron chi connectivity index (χ0n) is 17.7. The van der Waals surface area contributed by atoms with E-state index in [9.17, 15) is 4.79 Å². The first-order valence-corrected chi connectivity index (χ1v) is 11.1. The molecule has 0 fully saturated rings. The number of aryl methyl sites for hydroxylation is 2. The molecule has 0 saturated heterocycles. The molecule has 0 atom stereocenters. The summed E-state index contributed by atoms with van der Waals surface area (Å²) in [6.45, 7) is 4.83. The number of amides is 1. The number of hydrogen-bond acceptors (Lipinski definition) is 6. The molecule has 0 aliphatic heterocycles. The third kappa shape index (κ3) is 3.90. The van der Waals surface area contributed by atoms with Gasteiger partial charge in [-0.1, -0.05) is 6.07 Å². The van der Waals surface area contributed by atoms with E-state index in [1.807, 2.05) is 58.9 Å². The molecule has 0 aliphatic carbocycles. The third-order valence-electron chi connectivity index (χ3n) is 5.20. The number of imidazole rings is 1. The van der Waals surface area contributed by atoms with E-state index in [4.69, 9.17) is 0 Å². The molecule has 0 radical (unpaired) electrons. The minimum atomic E-state index is -0.159. The highest BCUT2D eigenvalue weighted by Gasteiger charge is 2.16. The summed E-state index contributed by atoms with van der Waals surface area (Å²) in [5.41, 5.74) is 3.01. The Morgan fingerprint density at radius 1 is 1.16 bits per heavy atom. The lowest BCUT2D eigenvalue weighted by atomic mass is 10.1. The van der Waals surface area contributed by atoms with E-state index in [1.165, 1.54) is 4.88 Å². The fourth-order valence-corrected chi connectivity index (χ4v) is 4.31. The molecule has 1 N–H and O–H groups in total. The highest BCUT2D eigenvalue weighted by Crippen LogP contribution is 2.21. The minimum Gasteiger partial charge on any atom is -0.348 e. The van der Waals surface area contributed by atoms with E-state index in [0.717, 1.165) is 28.3 Å². The van der Waals surface area contributed by atoms with E-state index >= 15 is 0 Å². The molecule has 5 aromatic heterocycles. The van der Waals surface area contributed by atoms with Crippen molar-refractivity contribution in [3.05, 3.63) is 88.0 Å². The van der Waals surface area contributed by atoms with Crippen LogP contribution in [0.4, 0.5) is 0 Å². The third-order valence-corrected chi connectivity index (χ3v) is 6.06. The number of hydrogen-bond donors (Lipinski definition) is 1. The Labute approximate surface area is 188 Å². The van der Waals surface area contributed by atoms with E-state index in [0.29, 0.717) is 24.3 Å². The van der Waals surface area contributed by atoms with Gasteiger partial charge in [0.05, 0.1) is 23.7 Å². The van der Waals surface area contributed by atoms with Crippen molar-refractivity contribution in [2.24, 2.45) is 0 Å². The molecule has 8 nitrogen and oxygen atoms in total. The molecule has 1 amide bonds. The molecule has 0 saturated carbocycles. The lowest BCUT2D eigenvalue weighted by Crippen LogP contribution is -2.23. The van der Waals surface area contributed by atoms with E-state index in [-0.39, 0.29) is 5.91 Å². The Bertz CT molecular complexity index is 1400. The maximum Gasteiger partial charge on any atom is 0.252 e. The summed E-state index contributed by atoms with van der Waals surface area (Å²) in [6.07, 6.45) is 7.06. The highest BCUT2D eigenvalue weighted by atomic mass is 32.1. The first-order chi connectivity index (χ1) is 15.6. The smallest absolute Gasteiger partial charge is 0.252 e.